The third-order valence-electron chi connectivity index (χ3n) is 5.58. The lowest BCUT2D eigenvalue weighted by Crippen LogP contribution is -2.44. The van der Waals surface area contributed by atoms with Gasteiger partial charge in [-0.3, -0.25) is 4.98 Å². The molecule has 7 heteroatoms. The number of hydrogen-bond donors (Lipinski definition) is 0. The highest BCUT2D eigenvalue weighted by molar-refractivity contribution is 5.81. The zero-order valence-corrected chi connectivity index (χ0v) is 17.1. The lowest BCUT2D eigenvalue weighted by atomic mass is 10.1. The summed E-state index contributed by atoms with van der Waals surface area (Å²) in [5, 5.41) is 4.96. The SMILES string of the molecule is Cc1cc(-c2c(-c3ccc(F)cc3)nc3ccc(N4CCN(C)CC4)nn23)ccn1. The molecule has 5 rings (SSSR count). The molecule has 4 aromatic rings. The second kappa shape index (κ2) is 7.50. The van der Waals surface area contributed by atoms with E-state index in [4.69, 9.17) is 10.1 Å². The summed E-state index contributed by atoms with van der Waals surface area (Å²) >= 11 is 0. The van der Waals surface area contributed by atoms with Gasteiger partial charge in [0.2, 0.25) is 0 Å². The van der Waals surface area contributed by atoms with Crippen LogP contribution in [0, 0.1) is 12.7 Å². The molecule has 0 N–H and O–H groups in total. The van der Waals surface area contributed by atoms with Gasteiger partial charge in [0.1, 0.15) is 17.3 Å². The van der Waals surface area contributed by atoms with Gasteiger partial charge in [-0.2, -0.15) is 0 Å². The van der Waals surface area contributed by atoms with E-state index < -0.39 is 0 Å². The van der Waals surface area contributed by atoms with Crippen molar-refractivity contribution < 1.29 is 4.39 Å². The Labute approximate surface area is 174 Å². The smallest absolute Gasteiger partial charge is 0.155 e. The Morgan fingerprint density at radius 1 is 0.900 bits per heavy atom. The molecule has 30 heavy (non-hydrogen) atoms. The molecule has 1 saturated heterocycles. The summed E-state index contributed by atoms with van der Waals surface area (Å²) in [7, 11) is 2.14. The van der Waals surface area contributed by atoms with Crippen LogP contribution in [-0.4, -0.2) is 57.7 Å². The van der Waals surface area contributed by atoms with Crippen LogP contribution in [0.3, 0.4) is 0 Å². The van der Waals surface area contributed by atoms with Gasteiger partial charge in [0.25, 0.3) is 0 Å². The fourth-order valence-corrected chi connectivity index (χ4v) is 3.89. The number of piperazine rings is 1. The molecule has 6 nitrogen and oxygen atoms in total. The van der Waals surface area contributed by atoms with Gasteiger partial charge in [0.05, 0.1) is 5.69 Å². The number of nitrogens with zero attached hydrogens (tertiary/aromatic N) is 6. The third kappa shape index (κ3) is 3.41. The number of imidazole rings is 1. The van der Waals surface area contributed by atoms with Crippen LogP contribution < -0.4 is 4.90 Å². The molecule has 3 aromatic heterocycles. The van der Waals surface area contributed by atoms with Gasteiger partial charge in [-0.05, 0) is 62.5 Å². The number of rotatable bonds is 3. The summed E-state index contributed by atoms with van der Waals surface area (Å²) in [6.07, 6.45) is 1.79. The number of anilines is 1. The Morgan fingerprint density at radius 2 is 1.67 bits per heavy atom. The van der Waals surface area contributed by atoms with Crippen molar-refractivity contribution in [3.8, 4) is 22.5 Å². The molecule has 0 unspecified atom stereocenters. The van der Waals surface area contributed by atoms with Crippen molar-refractivity contribution in [1.29, 1.82) is 0 Å². The number of aromatic nitrogens is 4. The number of hydrogen-bond acceptors (Lipinski definition) is 5. The lowest BCUT2D eigenvalue weighted by molar-refractivity contribution is 0.311. The first kappa shape index (κ1) is 18.7. The lowest BCUT2D eigenvalue weighted by Gasteiger charge is -2.33. The van der Waals surface area contributed by atoms with Gasteiger partial charge in [0, 0.05) is 49.2 Å². The second-order valence-corrected chi connectivity index (χ2v) is 7.75. The van der Waals surface area contributed by atoms with E-state index in [1.165, 1.54) is 12.1 Å². The molecular formula is C23H23FN6. The van der Waals surface area contributed by atoms with Crippen LogP contribution in [0.2, 0.25) is 0 Å². The number of benzene rings is 1. The Bertz CT molecular complexity index is 1190. The average molecular weight is 402 g/mol. The van der Waals surface area contributed by atoms with E-state index in [1.807, 2.05) is 35.7 Å². The summed E-state index contributed by atoms with van der Waals surface area (Å²) in [6, 6.07) is 14.5. The van der Waals surface area contributed by atoms with Gasteiger partial charge in [0.15, 0.2) is 5.65 Å². The van der Waals surface area contributed by atoms with Gasteiger partial charge in [-0.25, -0.2) is 13.9 Å². The highest BCUT2D eigenvalue weighted by Crippen LogP contribution is 2.33. The van der Waals surface area contributed by atoms with Crippen LogP contribution in [0.25, 0.3) is 28.2 Å². The number of aryl methyl sites for hydroxylation is 1. The fourth-order valence-electron chi connectivity index (χ4n) is 3.89. The van der Waals surface area contributed by atoms with Crippen molar-refractivity contribution in [1.82, 2.24) is 24.5 Å². The molecule has 0 saturated carbocycles. The fraction of sp³-hybridized carbons (Fsp3) is 0.261. The standard InChI is InChI=1S/C23H23FN6/c1-16-15-18(9-10-25-16)23-22(17-3-5-19(24)6-4-17)26-20-7-8-21(27-30(20)23)29-13-11-28(2)12-14-29/h3-10,15H,11-14H2,1-2H3. The normalized spacial score (nSPS) is 15.1. The van der Waals surface area contributed by atoms with E-state index in [-0.39, 0.29) is 5.82 Å². The summed E-state index contributed by atoms with van der Waals surface area (Å²) in [6.45, 7) is 5.88. The Balaban J connectivity index is 1.69. The molecule has 0 spiro atoms. The number of pyridine rings is 1. The summed E-state index contributed by atoms with van der Waals surface area (Å²) in [5.74, 6) is 0.671. The maximum absolute atomic E-state index is 13.5. The van der Waals surface area contributed by atoms with Crippen LogP contribution in [0.1, 0.15) is 5.69 Å². The number of likely N-dealkylation sites (N-methyl/N-ethyl adjacent to an activating group) is 1. The van der Waals surface area contributed by atoms with Gasteiger partial charge >= 0.3 is 0 Å². The quantitative estimate of drug-likeness (QED) is 0.524. The van der Waals surface area contributed by atoms with E-state index in [0.29, 0.717) is 0 Å². The minimum absolute atomic E-state index is 0.265. The molecule has 1 aliphatic rings. The summed E-state index contributed by atoms with van der Waals surface area (Å²) in [4.78, 5) is 13.8. The van der Waals surface area contributed by atoms with Gasteiger partial charge < -0.3 is 9.80 Å². The Hall–Kier alpha value is -3.32. The third-order valence-corrected chi connectivity index (χ3v) is 5.58. The minimum atomic E-state index is -0.265. The first-order chi connectivity index (χ1) is 14.6. The number of halogens is 1. The van der Waals surface area contributed by atoms with Crippen molar-refractivity contribution in [3.63, 3.8) is 0 Å². The van der Waals surface area contributed by atoms with E-state index in [0.717, 1.165) is 65.9 Å². The van der Waals surface area contributed by atoms with Crippen molar-refractivity contribution >= 4 is 11.5 Å². The monoisotopic (exact) mass is 402 g/mol. The van der Waals surface area contributed by atoms with E-state index in [2.05, 4.69) is 21.8 Å². The molecule has 0 atom stereocenters. The van der Waals surface area contributed by atoms with Crippen LogP contribution >= 0.6 is 0 Å². The highest BCUT2D eigenvalue weighted by Gasteiger charge is 2.20. The maximum Gasteiger partial charge on any atom is 0.155 e. The topological polar surface area (TPSA) is 49.6 Å². The zero-order valence-electron chi connectivity index (χ0n) is 17.1. The Kier molecular flexibility index (Phi) is 4.67. The molecule has 0 amide bonds. The molecule has 152 valence electrons. The summed E-state index contributed by atoms with van der Waals surface area (Å²) < 4.78 is 15.4. The molecular weight excluding hydrogens is 379 g/mol. The van der Waals surface area contributed by atoms with E-state index in [1.54, 1.807) is 18.3 Å². The molecule has 4 heterocycles. The van der Waals surface area contributed by atoms with Crippen molar-refractivity contribution in [2.75, 3.05) is 38.1 Å². The number of fused-ring (bicyclic) bond motifs is 1. The van der Waals surface area contributed by atoms with Crippen LogP contribution in [0.4, 0.5) is 10.2 Å². The van der Waals surface area contributed by atoms with Crippen molar-refractivity contribution in [3.05, 3.63) is 66.2 Å². The van der Waals surface area contributed by atoms with E-state index >= 15 is 0 Å². The predicted octanol–water partition coefficient (Wildman–Crippen LogP) is 3.66. The van der Waals surface area contributed by atoms with Crippen molar-refractivity contribution in [2.24, 2.45) is 0 Å². The molecule has 1 aliphatic heterocycles. The summed E-state index contributed by atoms with van der Waals surface area (Å²) in [5.41, 5.74) is 5.19. The van der Waals surface area contributed by atoms with Gasteiger partial charge in [-0.15, -0.1) is 5.10 Å². The average Bonchev–Trinajstić information content (AvgIpc) is 3.13. The Morgan fingerprint density at radius 3 is 2.40 bits per heavy atom. The first-order valence-corrected chi connectivity index (χ1v) is 10.1. The first-order valence-electron chi connectivity index (χ1n) is 10.1. The van der Waals surface area contributed by atoms with Crippen LogP contribution in [0.15, 0.2) is 54.7 Å². The molecule has 1 aromatic carbocycles. The predicted molar refractivity (Wildman–Crippen MR) is 116 cm³/mol. The zero-order chi connectivity index (χ0) is 20.7. The highest BCUT2D eigenvalue weighted by atomic mass is 19.1. The molecule has 1 fully saturated rings. The van der Waals surface area contributed by atoms with Crippen molar-refractivity contribution in [2.45, 2.75) is 6.92 Å². The molecule has 0 bridgehead atoms. The van der Waals surface area contributed by atoms with Crippen LogP contribution in [-0.2, 0) is 0 Å². The minimum Gasteiger partial charge on any atom is -0.353 e. The maximum atomic E-state index is 13.5. The van der Waals surface area contributed by atoms with Crippen LogP contribution in [0.5, 0.6) is 0 Å². The molecule has 0 aliphatic carbocycles. The van der Waals surface area contributed by atoms with E-state index in [9.17, 15) is 4.39 Å². The van der Waals surface area contributed by atoms with Gasteiger partial charge in [-0.1, -0.05) is 0 Å². The largest absolute Gasteiger partial charge is 0.353 e. The second-order valence-electron chi connectivity index (χ2n) is 7.75. The molecule has 0 radical (unpaired) electrons.